The van der Waals surface area contributed by atoms with E-state index in [2.05, 4.69) is 6.92 Å². The van der Waals surface area contributed by atoms with Crippen LogP contribution in [-0.2, 0) is 13.0 Å². The molecule has 0 fully saturated rings. The van der Waals surface area contributed by atoms with Crippen LogP contribution in [0, 0.1) is 0 Å². The van der Waals surface area contributed by atoms with Crippen LogP contribution in [0.4, 0.5) is 0 Å². The number of ether oxygens (including phenoxy) is 1. The predicted octanol–water partition coefficient (Wildman–Crippen LogP) is 2.48. The summed E-state index contributed by atoms with van der Waals surface area (Å²) in [4.78, 5) is 0. The quantitative estimate of drug-likeness (QED) is 0.754. The van der Waals surface area contributed by atoms with Crippen LogP contribution in [0.3, 0.4) is 0 Å². The van der Waals surface area contributed by atoms with Gasteiger partial charge in [0.05, 0.1) is 18.3 Å². The molecule has 4 nitrogen and oxygen atoms in total. The van der Waals surface area contributed by atoms with E-state index in [9.17, 15) is 15.3 Å². The summed E-state index contributed by atoms with van der Waals surface area (Å²) in [5, 5.41) is 30.1. The third kappa shape index (κ3) is 3.39. The van der Waals surface area contributed by atoms with Crippen molar-refractivity contribution < 1.29 is 20.1 Å². The number of fused-ring (bicyclic) bond motifs is 1. The Morgan fingerprint density at radius 1 is 1.38 bits per heavy atom. The molecular formula is C17H26O4. The first-order chi connectivity index (χ1) is 9.88. The van der Waals surface area contributed by atoms with E-state index >= 15 is 0 Å². The first-order valence-electron chi connectivity index (χ1n) is 7.71. The lowest BCUT2D eigenvalue weighted by atomic mass is 9.93. The van der Waals surface area contributed by atoms with Crippen molar-refractivity contribution in [1.82, 2.24) is 0 Å². The highest BCUT2D eigenvalue weighted by Crippen LogP contribution is 2.40. The molecule has 1 aromatic rings. The fourth-order valence-corrected chi connectivity index (χ4v) is 2.81. The third-order valence-corrected chi connectivity index (χ3v) is 4.18. The SMILES string of the molecule is CCCC[C@H](O)c1ccc2c(c1CO)O[C@H](C(C)(C)O)C2. The van der Waals surface area contributed by atoms with E-state index in [-0.39, 0.29) is 12.7 Å². The Balaban J connectivity index is 2.29. The van der Waals surface area contributed by atoms with Crippen molar-refractivity contribution >= 4 is 0 Å². The Bertz CT molecular complexity index is 490. The summed E-state index contributed by atoms with van der Waals surface area (Å²) >= 11 is 0. The highest BCUT2D eigenvalue weighted by Gasteiger charge is 2.36. The van der Waals surface area contributed by atoms with Crippen molar-refractivity contribution in [3.63, 3.8) is 0 Å². The maximum atomic E-state index is 10.3. The monoisotopic (exact) mass is 294 g/mol. The van der Waals surface area contributed by atoms with Crippen LogP contribution in [0.15, 0.2) is 12.1 Å². The summed E-state index contributed by atoms with van der Waals surface area (Å²) in [5.74, 6) is 0.637. The fourth-order valence-electron chi connectivity index (χ4n) is 2.81. The molecule has 0 saturated carbocycles. The number of rotatable bonds is 6. The molecule has 3 N–H and O–H groups in total. The number of hydrogen-bond acceptors (Lipinski definition) is 4. The van der Waals surface area contributed by atoms with E-state index in [1.165, 1.54) is 0 Å². The normalized spacial score (nSPS) is 19.2. The van der Waals surface area contributed by atoms with Crippen molar-refractivity contribution in [3.8, 4) is 5.75 Å². The van der Waals surface area contributed by atoms with E-state index in [4.69, 9.17) is 4.74 Å². The summed E-state index contributed by atoms with van der Waals surface area (Å²) in [6.45, 7) is 5.36. The second-order valence-electron chi connectivity index (χ2n) is 6.40. The van der Waals surface area contributed by atoms with Crippen LogP contribution in [0.1, 0.15) is 62.8 Å². The second kappa shape index (κ2) is 6.34. The molecule has 2 rings (SSSR count). The zero-order valence-electron chi connectivity index (χ0n) is 13.1. The second-order valence-corrected chi connectivity index (χ2v) is 6.40. The van der Waals surface area contributed by atoms with Gasteiger partial charge in [-0.15, -0.1) is 0 Å². The number of unbranched alkanes of at least 4 members (excludes halogenated alkanes) is 1. The molecule has 1 aliphatic rings. The van der Waals surface area contributed by atoms with Gasteiger partial charge in [-0.05, 0) is 31.4 Å². The molecule has 0 amide bonds. The average Bonchev–Trinajstić information content (AvgIpc) is 2.87. The number of hydrogen-bond donors (Lipinski definition) is 3. The van der Waals surface area contributed by atoms with Gasteiger partial charge in [0.15, 0.2) is 0 Å². The smallest absolute Gasteiger partial charge is 0.131 e. The topological polar surface area (TPSA) is 69.9 Å². The largest absolute Gasteiger partial charge is 0.486 e. The van der Waals surface area contributed by atoms with Crippen LogP contribution >= 0.6 is 0 Å². The predicted molar refractivity (Wildman–Crippen MR) is 81.3 cm³/mol. The Morgan fingerprint density at radius 3 is 2.67 bits per heavy atom. The number of aliphatic hydroxyl groups excluding tert-OH is 2. The molecule has 0 spiro atoms. The maximum absolute atomic E-state index is 10.3. The number of benzene rings is 1. The van der Waals surface area contributed by atoms with Crippen LogP contribution in [0.5, 0.6) is 5.75 Å². The standard InChI is InChI=1S/C17H26O4/c1-4-5-6-14(19)12-8-7-11-9-15(17(2,3)20)21-16(11)13(12)10-18/h7-8,14-15,18-20H,4-6,9-10H2,1-3H3/t14-,15-/m0/s1. The van der Waals surface area contributed by atoms with Crippen molar-refractivity contribution in [1.29, 1.82) is 0 Å². The molecule has 1 aromatic carbocycles. The lowest BCUT2D eigenvalue weighted by Crippen LogP contribution is -2.39. The maximum Gasteiger partial charge on any atom is 0.131 e. The van der Waals surface area contributed by atoms with Gasteiger partial charge in [-0.3, -0.25) is 0 Å². The minimum atomic E-state index is -0.938. The van der Waals surface area contributed by atoms with E-state index in [1.54, 1.807) is 13.8 Å². The Hall–Kier alpha value is -1.10. The molecule has 0 saturated heterocycles. The molecule has 2 atom stereocenters. The van der Waals surface area contributed by atoms with Gasteiger partial charge in [0.25, 0.3) is 0 Å². The zero-order chi connectivity index (χ0) is 15.6. The van der Waals surface area contributed by atoms with Crippen LogP contribution < -0.4 is 4.74 Å². The fraction of sp³-hybridized carbons (Fsp3) is 0.647. The van der Waals surface area contributed by atoms with Gasteiger partial charge in [-0.25, -0.2) is 0 Å². The summed E-state index contributed by atoms with van der Waals surface area (Å²) in [6, 6.07) is 3.81. The summed E-state index contributed by atoms with van der Waals surface area (Å²) in [7, 11) is 0. The highest BCUT2D eigenvalue weighted by molar-refractivity contribution is 5.50. The summed E-state index contributed by atoms with van der Waals surface area (Å²) in [6.07, 6.45) is 2.36. The molecule has 0 bridgehead atoms. The van der Waals surface area contributed by atoms with Crippen molar-refractivity contribution in [2.45, 2.75) is 70.9 Å². The first-order valence-corrected chi connectivity index (χ1v) is 7.71. The molecule has 0 radical (unpaired) electrons. The Kier molecular flexibility index (Phi) is 4.91. The molecule has 0 aliphatic carbocycles. The molecule has 0 aromatic heterocycles. The van der Waals surface area contributed by atoms with E-state index in [0.717, 1.165) is 24.0 Å². The van der Waals surface area contributed by atoms with Crippen molar-refractivity contribution in [3.05, 3.63) is 28.8 Å². The average molecular weight is 294 g/mol. The van der Waals surface area contributed by atoms with E-state index in [1.807, 2.05) is 12.1 Å². The molecular weight excluding hydrogens is 268 g/mol. The highest BCUT2D eigenvalue weighted by atomic mass is 16.5. The van der Waals surface area contributed by atoms with Crippen molar-refractivity contribution in [2.24, 2.45) is 0 Å². The summed E-state index contributed by atoms with van der Waals surface area (Å²) in [5.41, 5.74) is 1.44. The molecule has 21 heavy (non-hydrogen) atoms. The van der Waals surface area contributed by atoms with Gasteiger partial charge in [0.2, 0.25) is 0 Å². The third-order valence-electron chi connectivity index (χ3n) is 4.18. The van der Waals surface area contributed by atoms with Gasteiger partial charge in [-0.2, -0.15) is 0 Å². The minimum absolute atomic E-state index is 0.166. The van der Waals surface area contributed by atoms with Crippen LogP contribution in [-0.4, -0.2) is 27.0 Å². The molecule has 1 aliphatic heterocycles. The van der Waals surface area contributed by atoms with Gasteiger partial charge < -0.3 is 20.1 Å². The molecule has 0 unspecified atom stereocenters. The molecule has 1 heterocycles. The van der Waals surface area contributed by atoms with Gasteiger partial charge in [0, 0.05) is 12.0 Å². The zero-order valence-corrected chi connectivity index (χ0v) is 13.1. The Morgan fingerprint density at radius 2 is 2.10 bits per heavy atom. The van der Waals surface area contributed by atoms with E-state index < -0.39 is 11.7 Å². The molecule has 4 heteroatoms. The van der Waals surface area contributed by atoms with Gasteiger partial charge in [-0.1, -0.05) is 31.9 Å². The summed E-state index contributed by atoms with van der Waals surface area (Å²) < 4.78 is 5.87. The van der Waals surface area contributed by atoms with Crippen molar-refractivity contribution in [2.75, 3.05) is 0 Å². The minimum Gasteiger partial charge on any atom is -0.486 e. The number of aliphatic hydroxyl groups is 3. The van der Waals surface area contributed by atoms with Gasteiger partial charge in [0.1, 0.15) is 11.9 Å². The van der Waals surface area contributed by atoms with Crippen LogP contribution in [0.2, 0.25) is 0 Å². The van der Waals surface area contributed by atoms with Gasteiger partial charge >= 0.3 is 0 Å². The first kappa shape index (κ1) is 16.3. The lowest BCUT2D eigenvalue weighted by molar-refractivity contribution is -0.0236. The lowest BCUT2D eigenvalue weighted by Gasteiger charge is -2.25. The van der Waals surface area contributed by atoms with E-state index in [0.29, 0.717) is 24.2 Å². The molecule has 118 valence electrons. The van der Waals surface area contributed by atoms with Crippen LogP contribution in [0.25, 0.3) is 0 Å². The Labute approximate surface area is 126 Å².